The molecule has 102 valence electrons. The molecule has 3 heteroatoms. The third-order valence-electron chi connectivity index (χ3n) is 4.38. The predicted molar refractivity (Wildman–Crippen MR) is 73.6 cm³/mol. The largest absolute Gasteiger partial charge is 0.396 e. The van der Waals surface area contributed by atoms with Crippen LogP contribution in [0.1, 0.15) is 57.3 Å². The highest BCUT2D eigenvalue weighted by Crippen LogP contribution is 2.38. The Balaban J connectivity index is 2.17. The van der Waals surface area contributed by atoms with Crippen LogP contribution in [-0.4, -0.2) is 21.5 Å². The number of aliphatic hydroxyl groups excluding tert-OH is 1. The van der Waals surface area contributed by atoms with Crippen molar-refractivity contribution in [2.75, 3.05) is 6.61 Å². The summed E-state index contributed by atoms with van der Waals surface area (Å²) in [6.07, 6.45) is 8.17. The van der Waals surface area contributed by atoms with Crippen LogP contribution in [0.5, 0.6) is 0 Å². The number of nitrogens with zero attached hydrogens (tertiary/aromatic N) is 2. The van der Waals surface area contributed by atoms with Crippen molar-refractivity contribution in [3.8, 4) is 0 Å². The van der Waals surface area contributed by atoms with Gasteiger partial charge in [0.15, 0.2) is 0 Å². The van der Waals surface area contributed by atoms with Crippen LogP contribution >= 0.6 is 0 Å². The summed E-state index contributed by atoms with van der Waals surface area (Å²) in [5.41, 5.74) is 2.61. The maximum Gasteiger partial charge on any atom is 0.0624 e. The van der Waals surface area contributed by atoms with Crippen LogP contribution in [0.25, 0.3) is 0 Å². The molecule has 0 radical (unpaired) electrons. The predicted octanol–water partition coefficient (Wildman–Crippen LogP) is 2.95. The van der Waals surface area contributed by atoms with Gasteiger partial charge in [0, 0.05) is 18.8 Å². The minimum Gasteiger partial charge on any atom is -0.396 e. The summed E-state index contributed by atoms with van der Waals surface area (Å²) in [6, 6.07) is 2.23. The Labute approximate surface area is 110 Å². The lowest BCUT2D eigenvalue weighted by molar-refractivity contribution is 0.0802. The quantitative estimate of drug-likeness (QED) is 0.872. The van der Waals surface area contributed by atoms with E-state index in [2.05, 4.69) is 29.7 Å². The van der Waals surface area contributed by atoms with Crippen molar-refractivity contribution in [1.82, 2.24) is 9.78 Å². The fraction of sp³-hybridized carbons (Fsp3) is 0.800. The second kappa shape index (κ2) is 5.87. The zero-order valence-electron chi connectivity index (χ0n) is 11.8. The molecule has 1 saturated carbocycles. The lowest BCUT2D eigenvalue weighted by Gasteiger charge is -2.35. The van der Waals surface area contributed by atoms with Gasteiger partial charge in [0.05, 0.1) is 5.69 Å². The molecule has 1 aromatic rings. The molecular formula is C15H26N2O. The summed E-state index contributed by atoms with van der Waals surface area (Å²) >= 11 is 0. The Hall–Kier alpha value is -0.830. The van der Waals surface area contributed by atoms with Gasteiger partial charge in [-0.15, -0.1) is 0 Å². The average molecular weight is 250 g/mol. The Morgan fingerprint density at radius 1 is 1.28 bits per heavy atom. The number of hydrogen-bond acceptors (Lipinski definition) is 2. The molecule has 1 aliphatic rings. The highest BCUT2D eigenvalue weighted by atomic mass is 16.3. The molecule has 1 N–H and O–H groups in total. The first-order chi connectivity index (χ1) is 8.73. The SMILES string of the molecule is CCc1cc(CC2(CO)CCCCC2)n(CC)n1. The third-order valence-corrected chi connectivity index (χ3v) is 4.38. The fourth-order valence-corrected chi connectivity index (χ4v) is 3.18. The maximum atomic E-state index is 9.80. The molecule has 0 unspecified atom stereocenters. The first kappa shape index (κ1) is 13.6. The van der Waals surface area contributed by atoms with Crippen LogP contribution in [0.4, 0.5) is 0 Å². The van der Waals surface area contributed by atoms with Crippen LogP contribution in [-0.2, 0) is 19.4 Å². The van der Waals surface area contributed by atoms with Gasteiger partial charge in [-0.1, -0.05) is 26.2 Å². The van der Waals surface area contributed by atoms with Crippen molar-refractivity contribution in [2.24, 2.45) is 5.41 Å². The van der Waals surface area contributed by atoms with E-state index in [1.165, 1.54) is 43.5 Å². The molecule has 0 amide bonds. The molecule has 0 aliphatic heterocycles. The molecular weight excluding hydrogens is 224 g/mol. The molecule has 1 aromatic heterocycles. The van der Waals surface area contributed by atoms with Gasteiger partial charge in [0.2, 0.25) is 0 Å². The van der Waals surface area contributed by atoms with Crippen molar-refractivity contribution >= 4 is 0 Å². The average Bonchev–Trinajstić information content (AvgIpc) is 2.82. The summed E-state index contributed by atoms with van der Waals surface area (Å²) in [7, 11) is 0. The summed E-state index contributed by atoms with van der Waals surface area (Å²) < 4.78 is 2.12. The molecule has 0 aromatic carbocycles. The van der Waals surface area contributed by atoms with Crippen LogP contribution in [0.15, 0.2) is 6.07 Å². The highest BCUT2D eigenvalue weighted by Gasteiger charge is 2.32. The molecule has 1 aliphatic carbocycles. The van der Waals surface area contributed by atoms with Gasteiger partial charge in [0.25, 0.3) is 0 Å². The second-order valence-electron chi connectivity index (χ2n) is 5.69. The molecule has 0 saturated heterocycles. The molecule has 3 nitrogen and oxygen atoms in total. The van der Waals surface area contributed by atoms with Crippen LogP contribution in [0, 0.1) is 5.41 Å². The van der Waals surface area contributed by atoms with Gasteiger partial charge in [-0.25, -0.2) is 0 Å². The molecule has 0 atom stereocenters. The van der Waals surface area contributed by atoms with E-state index >= 15 is 0 Å². The number of aromatic nitrogens is 2. The number of hydrogen-bond donors (Lipinski definition) is 1. The van der Waals surface area contributed by atoms with E-state index in [0.717, 1.165) is 19.4 Å². The van der Waals surface area contributed by atoms with E-state index in [1.54, 1.807) is 0 Å². The first-order valence-electron chi connectivity index (χ1n) is 7.39. The Bertz CT molecular complexity index is 378. The normalized spacial score (nSPS) is 19.1. The topological polar surface area (TPSA) is 38.0 Å². The van der Waals surface area contributed by atoms with Gasteiger partial charge < -0.3 is 5.11 Å². The number of aryl methyl sites for hydroxylation is 2. The van der Waals surface area contributed by atoms with Crippen molar-refractivity contribution < 1.29 is 5.11 Å². The van der Waals surface area contributed by atoms with E-state index in [0.29, 0.717) is 6.61 Å². The molecule has 0 spiro atoms. The zero-order chi connectivity index (χ0) is 13.0. The molecule has 18 heavy (non-hydrogen) atoms. The number of rotatable bonds is 5. The zero-order valence-corrected chi connectivity index (χ0v) is 11.8. The van der Waals surface area contributed by atoms with Gasteiger partial charge in [0.1, 0.15) is 0 Å². The Kier molecular flexibility index (Phi) is 4.44. The van der Waals surface area contributed by atoms with Gasteiger partial charge in [-0.2, -0.15) is 5.10 Å². The van der Waals surface area contributed by atoms with Crippen molar-refractivity contribution in [3.05, 3.63) is 17.5 Å². The van der Waals surface area contributed by atoms with Gasteiger partial charge in [-0.05, 0) is 44.1 Å². The fourth-order valence-electron chi connectivity index (χ4n) is 3.18. The smallest absolute Gasteiger partial charge is 0.0624 e. The monoisotopic (exact) mass is 250 g/mol. The van der Waals surface area contributed by atoms with Gasteiger partial charge >= 0.3 is 0 Å². The molecule has 2 rings (SSSR count). The minimum absolute atomic E-state index is 0.121. The molecule has 0 bridgehead atoms. The summed E-state index contributed by atoms with van der Waals surface area (Å²) in [6.45, 7) is 5.54. The molecule has 1 fully saturated rings. The van der Waals surface area contributed by atoms with E-state index in [9.17, 15) is 5.11 Å². The summed E-state index contributed by atoms with van der Waals surface area (Å²) in [5.74, 6) is 0. The van der Waals surface area contributed by atoms with Crippen molar-refractivity contribution in [3.63, 3.8) is 0 Å². The van der Waals surface area contributed by atoms with Crippen LogP contribution < -0.4 is 0 Å². The van der Waals surface area contributed by atoms with Crippen molar-refractivity contribution in [1.29, 1.82) is 0 Å². The highest BCUT2D eigenvalue weighted by molar-refractivity contribution is 5.13. The van der Waals surface area contributed by atoms with Crippen LogP contribution in [0.3, 0.4) is 0 Å². The number of aliphatic hydroxyl groups is 1. The van der Waals surface area contributed by atoms with Crippen LogP contribution in [0.2, 0.25) is 0 Å². The second-order valence-corrected chi connectivity index (χ2v) is 5.69. The standard InChI is InChI=1S/C15H26N2O/c1-3-13-10-14(17(4-2)16-13)11-15(12-18)8-6-5-7-9-15/h10,18H,3-9,11-12H2,1-2H3. The minimum atomic E-state index is 0.121. The summed E-state index contributed by atoms with van der Waals surface area (Å²) in [5, 5.41) is 14.4. The van der Waals surface area contributed by atoms with Gasteiger partial charge in [-0.3, -0.25) is 4.68 Å². The van der Waals surface area contributed by atoms with E-state index in [4.69, 9.17) is 0 Å². The van der Waals surface area contributed by atoms with E-state index in [-0.39, 0.29) is 5.41 Å². The molecule has 1 heterocycles. The maximum absolute atomic E-state index is 9.80. The lowest BCUT2D eigenvalue weighted by Crippen LogP contribution is -2.31. The Morgan fingerprint density at radius 3 is 2.56 bits per heavy atom. The van der Waals surface area contributed by atoms with E-state index < -0.39 is 0 Å². The summed E-state index contributed by atoms with van der Waals surface area (Å²) in [4.78, 5) is 0. The van der Waals surface area contributed by atoms with E-state index in [1.807, 2.05) is 0 Å². The third kappa shape index (κ3) is 2.77. The van der Waals surface area contributed by atoms with Crippen molar-refractivity contribution in [2.45, 2.75) is 65.3 Å². The Morgan fingerprint density at radius 2 is 2.00 bits per heavy atom. The lowest BCUT2D eigenvalue weighted by atomic mass is 9.72. The first-order valence-corrected chi connectivity index (χ1v) is 7.39.